The molecule has 1 aliphatic rings. The van der Waals surface area contributed by atoms with Crippen molar-refractivity contribution in [1.29, 1.82) is 0 Å². The molecule has 0 bridgehead atoms. The van der Waals surface area contributed by atoms with E-state index in [-0.39, 0.29) is 18.5 Å². The molecule has 2 atom stereocenters. The number of carbonyl (C=O) groups is 2. The SMILES string of the molecule is CCC(CC(=O)O)NC(=O)N1CC(C)Cc2ccccc21. The van der Waals surface area contributed by atoms with Crippen molar-refractivity contribution in [3.05, 3.63) is 29.8 Å². The summed E-state index contributed by atoms with van der Waals surface area (Å²) in [4.78, 5) is 25.0. The molecule has 0 radical (unpaired) electrons. The third-order valence-electron chi connectivity index (χ3n) is 3.83. The molecule has 0 saturated heterocycles. The van der Waals surface area contributed by atoms with Gasteiger partial charge in [0.05, 0.1) is 6.42 Å². The summed E-state index contributed by atoms with van der Waals surface area (Å²) in [6.45, 7) is 4.65. The molecule has 2 N–H and O–H groups in total. The number of carboxylic acid groups (broad SMARTS) is 1. The van der Waals surface area contributed by atoms with E-state index in [1.54, 1.807) is 4.90 Å². The van der Waals surface area contributed by atoms with Gasteiger partial charge in [0.15, 0.2) is 0 Å². The number of anilines is 1. The van der Waals surface area contributed by atoms with E-state index in [0.29, 0.717) is 18.9 Å². The van der Waals surface area contributed by atoms with Gasteiger partial charge in [0.1, 0.15) is 0 Å². The van der Waals surface area contributed by atoms with E-state index in [2.05, 4.69) is 12.2 Å². The van der Waals surface area contributed by atoms with Crippen LogP contribution in [0.3, 0.4) is 0 Å². The number of nitrogens with one attached hydrogen (secondary N) is 1. The summed E-state index contributed by atoms with van der Waals surface area (Å²) >= 11 is 0. The topological polar surface area (TPSA) is 69.6 Å². The summed E-state index contributed by atoms with van der Waals surface area (Å²) in [7, 11) is 0. The smallest absolute Gasteiger partial charge is 0.322 e. The minimum absolute atomic E-state index is 0.0483. The molecule has 2 rings (SSSR count). The lowest BCUT2D eigenvalue weighted by atomic mass is 9.94. The fourth-order valence-corrected chi connectivity index (χ4v) is 2.75. The summed E-state index contributed by atoms with van der Waals surface area (Å²) in [5.74, 6) is -0.500. The highest BCUT2D eigenvalue weighted by molar-refractivity contribution is 5.93. The van der Waals surface area contributed by atoms with Crippen LogP contribution in [0.15, 0.2) is 24.3 Å². The normalized spacial score (nSPS) is 18.8. The monoisotopic (exact) mass is 290 g/mol. The Morgan fingerprint density at radius 3 is 2.81 bits per heavy atom. The molecule has 5 nitrogen and oxygen atoms in total. The first kappa shape index (κ1) is 15.4. The van der Waals surface area contributed by atoms with Crippen LogP contribution >= 0.6 is 0 Å². The van der Waals surface area contributed by atoms with Gasteiger partial charge >= 0.3 is 12.0 Å². The van der Waals surface area contributed by atoms with E-state index in [0.717, 1.165) is 17.7 Å². The van der Waals surface area contributed by atoms with Gasteiger partial charge in [0.25, 0.3) is 0 Å². The fraction of sp³-hybridized carbons (Fsp3) is 0.500. The molecular formula is C16H22N2O3. The van der Waals surface area contributed by atoms with Gasteiger partial charge < -0.3 is 10.4 Å². The number of aliphatic carboxylic acids is 1. The Morgan fingerprint density at radius 1 is 1.43 bits per heavy atom. The Hall–Kier alpha value is -2.04. The number of urea groups is 1. The van der Waals surface area contributed by atoms with Gasteiger partial charge in [-0.1, -0.05) is 32.0 Å². The predicted molar refractivity (Wildman–Crippen MR) is 81.5 cm³/mol. The van der Waals surface area contributed by atoms with Crippen LogP contribution in [-0.4, -0.2) is 29.7 Å². The lowest BCUT2D eigenvalue weighted by Crippen LogP contribution is -2.48. The fourth-order valence-electron chi connectivity index (χ4n) is 2.75. The zero-order valence-corrected chi connectivity index (χ0v) is 12.5. The summed E-state index contributed by atoms with van der Waals surface area (Å²) < 4.78 is 0. The maximum atomic E-state index is 12.5. The molecule has 2 amide bonds. The van der Waals surface area contributed by atoms with Crippen LogP contribution < -0.4 is 10.2 Å². The summed E-state index contributed by atoms with van der Waals surface area (Å²) in [5, 5.41) is 11.7. The minimum atomic E-state index is -0.894. The Balaban J connectivity index is 2.13. The van der Waals surface area contributed by atoms with Crippen molar-refractivity contribution in [2.45, 2.75) is 39.2 Å². The Bertz CT molecular complexity index is 530. The number of para-hydroxylation sites is 1. The van der Waals surface area contributed by atoms with Gasteiger partial charge in [-0.3, -0.25) is 9.69 Å². The first-order chi connectivity index (χ1) is 10.0. The molecular weight excluding hydrogens is 268 g/mol. The number of carboxylic acids is 1. The molecule has 5 heteroatoms. The van der Waals surface area contributed by atoms with Crippen molar-refractivity contribution in [2.75, 3.05) is 11.4 Å². The highest BCUT2D eigenvalue weighted by atomic mass is 16.4. The van der Waals surface area contributed by atoms with Crippen LogP contribution in [-0.2, 0) is 11.2 Å². The van der Waals surface area contributed by atoms with Crippen LogP contribution in [0.5, 0.6) is 0 Å². The van der Waals surface area contributed by atoms with E-state index in [1.165, 1.54) is 0 Å². The molecule has 1 aromatic rings. The second-order valence-electron chi connectivity index (χ2n) is 5.70. The molecule has 114 valence electrons. The van der Waals surface area contributed by atoms with E-state index >= 15 is 0 Å². The summed E-state index contributed by atoms with van der Waals surface area (Å²) in [6, 6.07) is 7.34. The van der Waals surface area contributed by atoms with Crippen LogP contribution in [0.4, 0.5) is 10.5 Å². The quantitative estimate of drug-likeness (QED) is 0.895. The van der Waals surface area contributed by atoms with Crippen molar-refractivity contribution in [3.8, 4) is 0 Å². The number of hydrogen-bond donors (Lipinski definition) is 2. The second-order valence-corrected chi connectivity index (χ2v) is 5.70. The maximum absolute atomic E-state index is 12.5. The molecule has 1 aromatic carbocycles. The Morgan fingerprint density at radius 2 is 2.14 bits per heavy atom. The molecule has 0 aromatic heterocycles. The van der Waals surface area contributed by atoms with E-state index in [9.17, 15) is 9.59 Å². The van der Waals surface area contributed by atoms with Crippen LogP contribution in [0.25, 0.3) is 0 Å². The molecule has 0 aliphatic carbocycles. The van der Waals surface area contributed by atoms with Gasteiger partial charge in [-0.2, -0.15) is 0 Å². The summed E-state index contributed by atoms with van der Waals surface area (Å²) in [6.07, 6.45) is 1.52. The maximum Gasteiger partial charge on any atom is 0.322 e. The number of benzene rings is 1. The zero-order chi connectivity index (χ0) is 15.4. The van der Waals surface area contributed by atoms with Crippen molar-refractivity contribution in [2.24, 2.45) is 5.92 Å². The largest absolute Gasteiger partial charge is 0.481 e. The molecule has 0 spiro atoms. The second kappa shape index (κ2) is 6.61. The van der Waals surface area contributed by atoms with E-state index < -0.39 is 5.97 Å². The lowest BCUT2D eigenvalue weighted by Gasteiger charge is -2.34. The molecule has 0 fully saturated rings. The Labute approximate surface area is 125 Å². The molecule has 1 heterocycles. The zero-order valence-electron chi connectivity index (χ0n) is 12.5. The molecule has 0 saturated carbocycles. The van der Waals surface area contributed by atoms with Gasteiger partial charge in [-0.05, 0) is 30.4 Å². The van der Waals surface area contributed by atoms with Gasteiger partial charge in [-0.25, -0.2) is 4.79 Å². The van der Waals surface area contributed by atoms with Crippen molar-refractivity contribution in [1.82, 2.24) is 5.32 Å². The molecule has 21 heavy (non-hydrogen) atoms. The first-order valence-corrected chi connectivity index (χ1v) is 7.39. The van der Waals surface area contributed by atoms with Crippen molar-refractivity contribution >= 4 is 17.7 Å². The standard InChI is InChI=1S/C16H22N2O3/c1-3-13(9-15(19)20)17-16(21)18-10-11(2)8-12-6-4-5-7-14(12)18/h4-7,11,13H,3,8-10H2,1-2H3,(H,17,21)(H,19,20). The average molecular weight is 290 g/mol. The van der Waals surface area contributed by atoms with Gasteiger partial charge in [-0.15, -0.1) is 0 Å². The van der Waals surface area contributed by atoms with Crippen LogP contribution in [0, 0.1) is 5.92 Å². The highest BCUT2D eigenvalue weighted by Gasteiger charge is 2.27. The van der Waals surface area contributed by atoms with Crippen molar-refractivity contribution < 1.29 is 14.7 Å². The number of nitrogens with zero attached hydrogens (tertiary/aromatic N) is 1. The number of hydrogen-bond acceptors (Lipinski definition) is 2. The molecule has 2 unspecified atom stereocenters. The van der Waals surface area contributed by atoms with E-state index in [4.69, 9.17) is 5.11 Å². The molecule has 1 aliphatic heterocycles. The Kier molecular flexibility index (Phi) is 4.83. The third kappa shape index (κ3) is 3.74. The number of carbonyl (C=O) groups excluding carboxylic acids is 1. The summed E-state index contributed by atoms with van der Waals surface area (Å²) in [5.41, 5.74) is 2.09. The van der Waals surface area contributed by atoms with Crippen LogP contribution in [0.2, 0.25) is 0 Å². The van der Waals surface area contributed by atoms with Gasteiger partial charge in [0.2, 0.25) is 0 Å². The first-order valence-electron chi connectivity index (χ1n) is 7.39. The lowest BCUT2D eigenvalue weighted by molar-refractivity contribution is -0.137. The number of amides is 2. The van der Waals surface area contributed by atoms with Gasteiger partial charge in [0, 0.05) is 18.3 Å². The van der Waals surface area contributed by atoms with E-state index in [1.807, 2.05) is 31.2 Å². The van der Waals surface area contributed by atoms with Crippen LogP contribution in [0.1, 0.15) is 32.3 Å². The van der Waals surface area contributed by atoms with Crippen molar-refractivity contribution in [3.63, 3.8) is 0 Å². The average Bonchev–Trinajstić information content (AvgIpc) is 2.44. The highest BCUT2D eigenvalue weighted by Crippen LogP contribution is 2.29. The predicted octanol–water partition coefficient (Wildman–Crippen LogP) is 2.65. The minimum Gasteiger partial charge on any atom is -0.481 e. The number of fused-ring (bicyclic) bond motifs is 1. The third-order valence-corrected chi connectivity index (χ3v) is 3.83. The number of rotatable bonds is 4.